The van der Waals surface area contributed by atoms with E-state index < -0.39 is 24.0 Å². The Morgan fingerprint density at radius 3 is 2.00 bits per heavy atom. The lowest BCUT2D eigenvalue weighted by molar-refractivity contribution is -0.159. The highest BCUT2D eigenvalue weighted by Crippen LogP contribution is 2.40. The second-order valence-electron chi connectivity index (χ2n) is 3.41. The van der Waals surface area contributed by atoms with Crippen LogP contribution in [0.15, 0.2) is 24.3 Å². The third-order valence-corrected chi connectivity index (χ3v) is 2.18. The van der Waals surface area contributed by atoms with Crippen molar-refractivity contribution in [1.82, 2.24) is 0 Å². The molecule has 0 saturated carbocycles. The van der Waals surface area contributed by atoms with Crippen molar-refractivity contribution in [2.75, 3.05) is 0 Å². The Kier molecular flexibility index (Phi) is 2.19. The van der Waals surface area contributed by atoms with Crippen molar-refractivity contribution in [2.24, 2.45) is 11.5 Å². The van der Waals surface area contributed by atoms with Gasteiger partial charge in [0.2, 0.25) is 5.91 Å². The van der Waals surface area contributed by atoms with Crippen LogP contribution in [0.1, 0.15) is 6.42 Å². The normalized spacial score (nSPS) is 15.8. The molecule has 2 amide bonds. The Bertz CT molecular complexity index is 433. The number of benzene rings is 1. The Morgan fingerprint density at radius 1 is 1.12 bits per heavy atom. The smallest absolute Gasteiger partial charge is 0.341 e. The minimum atomic E-state index is -1.81. The van der Waals surface area contributed by atoms with Crippen molar-refractivity contribution in [3.05, 3.63) is 24.3 Å². The standard InChI is InChI=1S/C10H10N2O4/c11-8(13)5-10(9(12)14)15-6-3-1-2-4-7(6)16-10/h1-4H,5H2,(H2,11,13)(H2,12,14). The van der Waals surface area contributed by atoms with E-state index in [1.165, 1.54) is 0 Å². The number of carbonyl (C=O) groups excluding carboxylic acids is 2. The van der Waals surface area contributed by atoms with E-state index in [1.807, 2.05) is 0 Å². The summed E-state index contributed by atoms with van der Waals surface area (Å²) >= 11 is 0. The number of para-hydroxylation sites is 2. The van der Waals surface area contributed by atoms with Crippen LogP contribution in [-0.4, -0.2) is 17.6 Å². The molecule has 0 unspecified atom stereocenters. The SMILES string of the molecule is NC(=O)CC1(C(N)=O)Oc2ccccc2O1. The van der Waals surface area contributed by atoms with E-state index in [4.69, 9.17) is 20.9 Å². The van der Waals surface area contributed by atoms with Crippen LogP contribution >= 0.6 is 0 Å². The highest BCUT2D eigenvalue weighted by Gasteiger charge is 2.48. The molecule has 0 bridgehead atoms. The van der Waals surface area contributed by atoms with E-state index in [0.29, 0.717) is 11.5 Å². The quantitative estimate of drug-likeness (QED) is 0.720. The molecule has 1 heterocycles. The summed E-state index contributed by atoms with van der Waals surface area (Å²) in [4.78, 5) is 22.2. The molecule has 16 heavy (non-hydrogen) atoms. The van der Waals surface area contributed by atoms with Crippen LogP contribution in [0.25, 0.3) is 0 Å². The molecule has 1 aromatic rings. The van der Waals surface area contributed by atoms with E-state index in [2.05, 4.69) is 0 Å². The van der Waals surface area contributed by atoms with Crippen LogP contribution < -0.4 is 20.9 Å². The fourth-order valence-corrected chi connectivity index (χ4v) is 1.48. The molecule has 84 valence electrons. The van der Waals surface area contributed by atoms with Crippen molar-refractivity contribution < 1.29 is 19.1 Å². The predicted octanol–water partition coefficient (Wildman–Crippen LogP) is -0.485. The molecule has 0 fully saturated rings. The number of amides is 2. The van der Waals surface area contributed by atoms with Gasteiger partial charge in [-0.3, -0.25) is 9.59 Å². The van der Waals surface area contributed by atoms with Gasteiger partial charge in [0, 0.05) is 0 Å². The van der Waals surface area contributed by atoms with E-state index >= 15 is 0 Å². The summed E-state index contributed by atoms with van der Waals surface area (Å²) < 4.78 is 10.5. The molecule has 0 saturated heterocycles. The summed E-state index contributed by atoms with van der Waals surface area (Å²) in [7, 11) is 0. The van der Waals surface area contributed by atoms with Crippen LogP contribution in [0, 0.1) is 0 Å². The molecular weight excluding hydrogens is 212 g/mol. The van der Waals surface area contributed by atoms with E-state index in [9.17, 15) is 9.59 Å². The number of nitrogens with two attached hydrogens (primary N) is 2. The molecule has 6 heteroatoms. The first-order valence-corrected chi connectivity index (χ1v) is 4.59. The second-order valence-corrected chi connectivity index (χ2v) is 3.41. The molecule has 1 aromatic carbocycles. The summed E-state index contributed by atoms with van der Waals surface area (Å²) in [6.45, 7) is 0. The largest absolute Gasteiger partial charge is 0.440 e. The van der Waals surface area contributed by atoms with Gasteiger partial charge in [0.15, 0.2) is 11.5 Å². The first kappa shape index (κ1) is 10.3. The maximum Gasteiger partial charge on any atom is 0.341 e. The summed E-state index contributed by atoms with van der Waals surface area (Å²) in [6, 6.07) is 6.65. The molecule has 0 aliphatic carbocycles. The molecule has 6 nitrogen and oxygen atoms in total. The highest BCUT2D eigenvalue weighted by molar-refractivity contribution is 5.89. The Balaban J connectivity index is 2.34. The summed E-state index contributed by atoms with van der Waals surface area (Å²) in [5.74, 6) is -2.70. The van der Waals surface area contributed by atoms with Crippen molar-refractivity contribution in [3.8, 4) is 11.5 Å². The third-order valence-electron chi connectivity index (χ3n) is 2.18. The van der Waals surface area contributed by atoms with Gasteiger partial charge in [-0.2, -0.15) is 0 Å². The predicted molar refractivity (Wildman–Crippen MR) is 53.4 cm³/mol. The minimum absolute atomic E-state index is 0.363. The van der Waals surface area contributed by atoms with Crippen LogP contribution in [0.4, 0.5) is 0 Å². The van der Waals surface area contributed by atoms with Gasteiger partial charge in [-0.1, -0.05) is 12.1 Å². The lowest BCUT2D eigenvalue weighted by Gasteiger charge is -2.22. The van der Waals surface area contributed by atoms with Crippen LogP contribution in [0.5, 0.6) is 11.5 Å². The van der Waals surface area contributed by atoms with E-state index in [1.54, 1.807) is 24.3 Å². The average Bonchev–Trinajstić information content (AvgIpc) is 2.55. The van der Waals surface area contributed by atoms with Gasteiger partial charge in [-0.05, 0) is 12.1 Å². The fraction of sp³-hybridized carbons (Fsp3) is 0.200. The van der Waals surface area contributed by atoms with E-state index in [0.717, 1.165) is 0 Å². The zero-order valence-electron chi connectivity index (χ0n) is 8.30. The van der Waals surface area contributed by atoms with Crippen molar-refractivity contribution >= 4 is 11.8 Å². The van der Waals surface area contributed by atoms with Crippen molar-refractivity contribution in [3.63, 3.8) is 0 Å². The number of primary amides is 2. The fourth-order valence-electron chi connectivity index (χ4n) is 1.48. The number of ether oxygens (including phenoxy) is 2. The van der Waals surface area contributed by atoms with Crippen molar-refractivity contribution in [2.45, 2.75) is 12.2 Å². The molecule has 0 spiro atoms. The molecule has 1 aliphatic rings. The van der Waals surface area contributed by atoms with Gasteiger partial charge in [-0.25, -0.2) is 0 Å². The summed E-state index contributed by atoms with van der Waals surface area (Å²) in [6.07, 6.45) is -0.420. The van der Waals surface area contributed by atoms with E-state index in [-0.39, 0.29) is 0 Å². The summed E-state index contributed by atoms with van der Waals surface area (Å²) in [5.41, 5.74) is 10.2. The molecular formula is C10H10N2O4. The molecule has 1 aliphatic heterocycles. The van der Waals surface area contributed by atoms with Crippen LogP contribution in [0.2, 0.25) is 0 Å². The van der Waals surface area contributed by atoms with Gasteiger partial charge < -0.3 is 20.9 Å². The highest BCUT2D eigenvalue weighted by atomic mass is 16.7. The second kappa shape index (κ2) is 3.41. The van der Waals surface area contributed by atoms with Gasteiger partial charge >= 0.3 is 11.7 Å². The first-order chi connectivity index (χ1) is 7.53. The number of hydrogen-bond donors (Lipinski definition) is 2. The van der Waals surface area contributed by atoms with Gasteiger partial charge in [0.25, 0.3) is 0 Å². The molecule has 0 atom stereocenters. The zero-order chi connectivity index (χ0) is 11.8. The molecule has 0 radical (unpaired) electrons. The van der Waals surface area contributed by atoms with Crippen molar-refractivity contribution in [1.29, 1.82) is 0 Å². The maximum atomic E-state index is 11.3. The maximum absolute atomic E-state index is 11.3. The minimum Gasteiger partial charge on any atom is -0.440 e. The topological polar surface area (TPSA) is 105 Å². The monoisotopic (exact) mass is 222 g/mol. The van der Waals surface area contributed by atoms with Gasteiger partial charge in [-0.15, -0.1) is 0 Å². The Morgan fingerprint density at radius 2 is 1.62 bits per heavy atom. The average molecular weight is 222 g/mol. The molecule has 2 rings (SSSR count). The Hall–Kier alpha value is -2.24. The first-order valence-electron chi connectivity index (χ1n) is 4.59. The van der Waals surface area contributed by atoms with Crippen LogP contribution in [0.3, 0.4) is 0 Å². The zero-order valence-corrected chi connectivity index (χ0v) is 8.30. The molecule has 0 aromatic heterocycles. The lowest BCUT2D eigenvalue weighted by Crippen LogP contribution is -2.53. The Labute approximate surface area is 91.1 Å². The number of fused-ring (bicyclic) bond motifs is 1. The third kappa shape index (κ3) is 1.54. The number of hydrogen-bond acceptors (Lipinski definition) is 4. The molecule has 4 N–H and O–H groups in total. The lowest BCUT2D eigenvalue weighted by atomic mass is 10.2. The van der Waals surface area contributed by atoms with Gasteiger partial charge in [0.1, 0.15) is 6.42 Å². The number of rotatable bonds is 3. The number of carbonyl (C=O) groups is 2. The van der Waals surface area contributed by atoms with Gasteiger partial charge in [0.05, 0.1) is 0 Å². The summed E-state index contributed by atoms with van der Waals surface area (Å²) in [5, 5.41) is 0. The van der Waals surface area contributed by atoms with Crippen LogP contribution in [-0.2, 0) is 9.59 Å².